The molecule has 0 bridgehead atoms. The Bertz CT molecular complexity index is 1420. The predicted octanol–water partition coefficient (Wildman–Crippen LogP) is 5.12. The first kappa shape index (κ1) is 23.8. The summed E-state index contributed by atoms with van der Waals surface area (Å²) in [5, 5.41) is -0.112. The molecule has 0 spiro atoms. The number of hydrogen-bond donors (Lipinski definition) is 0. The minimum absolute atomic E-state index is 0.120. The molecule has 4 aromatic rings. The van der Waals surface area contributed by atoms with Gasteiger partial charge in [-0.2, -0.15) is 0 Å². The summed E-state index contributed by atoms with van der Waals surface area (Å²) < 4.78 is 32.0. The second kappa shape index (κ2) is 9.90. The summed E-state index contributed by atoms with van der Waals surface area (Å²) >= 11 is 1.37. The fraction of sp³-hybridized carbons (Fsp3) is 0.240. The van der Waals surface area contributed by atoms with Gasteiger partial charge in [0.1, 0.15) is 11.3 Å². The number of carbonyl (C=O) groups excluding carboxylic acids is 1. The second-order valence-corrected chi connectivity index (χ2v) is 11.4. The van der Waals surface area contributed by atoms with E-state index in [0.717, 1.165) is 4.70 Å². The maximum absolute atomic E-state index is 13.7. The SMILES string of the molecule is CCOc1cccc2sc(N(Cc3ccccn3)C(=O)c3cccc(S(=O)(=O)C(C)C)c3)nc12. The number of rotatable bonds is 8. The molecule has 2 aromatic carbocycles. The van der Waals surface area contributed by atoms with Crippen molar-refractivity contribution < 1.29 is 17.9 Å². The largest absolute Gasteiger partial charge is 0.492 e. The van der Waals surface area contributed by atoms with E-state index in [-0.39, 0.29) is 22.9 Å². The van der Waals surface area contributed by atoms with Crippen LogP contribution in [0, 0.1) is 0 Å². The highest BCUT2D eigenvalue weighted by Crippen LogP contribution is 2.35. The molecule has 34 heavy (non-hydrogen) atoms. The molecule has 0 saturated heterocycles. The molecular formula is C25H25N3O4S2. The summed E-state index contributed by atoms with van der Waals surface area (Å²) in [5.41, 5.74) is 1.63. The van der Waals surface area contributed by atoms with Crippen LogP contribution in [0.25, 0.3) is 10.2 Å². The molecule has 176 valence electrons. The molecule has 2 heterocycles. The van der Waals surface area contributed by atoms with E-state index < -0.39 is 15.1 Å². The third kappa shape index (κ3) is 4.80. The third-order valence-electron chi connectivity index (χ3n) is 5.22. The number of para-hydroxylation sites is 1. The number of sulfone groups is 1. The summed E-state index contributed by atoms with van der Waals surface area (Å²) in [6.07, 6.45) is 1.67. The van der Waals surface area contributed by atoms with Crippen molar-refractivity contribution in [2.24, 2.45) is 0 Å². The predicted molar refractivity (Wildman–Crippen MR) is 134 cm³/mol. The molecule has 1 amide bonds. The zero-order valence-electron chi connectivity index (χ0n) is 19.1. The third-order valence-corrected chi connectivity index (χ3v) is 8.42. The van der Waals surface area contributed by atoms with Crippen molar-refractivity contribution in [1.82, 2.24) is 9.97 Å². The lowest BCUT2D eigenvalue weighted by molar-refractivity contribution is 0.0984. The van der Waals surface area contributed by atoms with Gasteiger partial charge in [0, 0.05) is 11.8 Å². The molecule has 0 N–H and O–H groups in total. The van der Waals surface area contributed by atoms with E-state index in [1.54, 1.807) is 32.2 Å². The van der Waals surface area contributed by atoms with Crippen LogP contribution in [-0.2, 0) is 16.4 Å². The zero-order chi connectivity index (χ0) is 24.3. The number of benzene rings is 2. The van der Waals surface area contributed by atoms with Gasteiger partial charge in [-0.3, -0.25) is 14.7 Å². The quantitative estimate of drug-likeness (QED) is 0.337. The van der Waals surface area contributed by atoms with Gasteiger partial charge in [-0.1, -0.05) is 29.5 Å². The van der Waals surface area contributed by atoms with Gasteiger partial charge in [-0.05, 0) is 63.2 Å². The summed E-state index contributed by atoms with van der Waals surface area (Å²) in [7, 11) is -3.53. The minimum atomic E-state index is -3.53. The Morgan fingerprint density at radius 3 is 2.59 bits per heavy atom. The van der Waals surface area contributed by atoms with E-state index in [1.807, 2.05) is 43.3 Å². The Morgan fingerprint density at radius 2 is 1.88 bits per heavy atom. The first-order chi connectivity index (χ1) is 16.3. The normalized spacial score (nSPS) is 11.6. The number of ether oxygens (including phenoxy) is 1. The number of aromatic nitrogens is 2. The number of hydrogen-bond acceptors (Lipinski definition) is 7. The van der Waals surface area contributed by atoms with E-state index >= 15 is 0 Å². The van der Waals surface area contributed by atoms with Crippen molar-refractivity contribution in [3.63, 3.8) is 0 Å². The van der Waals surface area contributed by atoms with E-state index in [0.29, 0.717) is 28.7 Å². The van der Waals surface area contributed by atoms with Gasteiger partial charge in [-0.15, -0.1) is 0 Å². The molecule has 7 nitrogen and oxygen atoms in total. The topological polar surface area (TPSA) is 89.5 Å². The smallest absolute Gasteiger partial charge is 0.260 e. The van der Waals surface area contributed by atoms with Gasteiger partial charge in [0.15, 0.2) is 15.0 Å². The highest BCUT2D eigenvalue weighted by Gasteiger charge is 2.25. The Hall–Kier alpha value is -3.30. The molecule has 0 saturated carbocycles. The number of fused-ring (bicyclic) bond motifs is 1. The molecule has 0 aliphatic heterocycles. The molecule has 2 aromatic heterocycles. The van der Waals surface area contributed by atoms with Crippen LogP contribution >= 0.6 is 11.3 Å². The second-order valence-electron chi connectivity index (χ2n) is 7.87. The van der Waals surface area contributed by atoms with Gasteiger partial charge in [-0.25, -0.2) is 13.4 Å². The van der Waals surface area contributed by atoms with Crippen LogP contribution in [0.4, 0.5) is 5.13 Å². The average molecular weight is 496 g/mol. The zero-order valence-corrected chi connectivity index (χ0v) is 20.8. The van der Waals surface area contributed by atoms with Crippen molar-refractivity contribution in [1.29, 1.82) is 0 Å². The van der Waals surface area contributed by atoms with E-state index in [9.17, 15) is 13.2 Å². The first-order valence-electron chi connectivity index (χ1n) is 10.9. The van der Waals surface area contributed by atoms with Crippen molar-refractivity contribution in [2.75, 3.05) is 11.5 Å². The highest BCUT2D eigenvalue weighted by atomic mass is 32.2. The summed E-state index contributed by atoms with van der Waals surface area (Å²) in [6.45, 7) is 5.83. The molecule has 4 rings (SSSR count). The molecule has 0 radical (unpaired) electrons. The number of nitrogens with zero attached hydrogens (tertiary/aromatic N) is 3. The Labute approximate surface area is 203 Å². The molecular weight excluding hydrogens is 470 g/mol. The number of pyridine rings is 1. The molecule has 0 unspecified atom stereocenters. The molecule has 0 fully saturated rings. The lowest BCUT2D eigenvalue weighted by atomic mass is 10.2. The van der Waals surface area contributed by atoms with Crippen LogP contribution in [0.3, 0.4) is 0 Å². The average Bonchev–Trinajstić information content (AvgIpc) is 3.28. The summed E-state index contributed by atoms with van der Waals surface area (Å²) in [4.78, 5) is 24.5. The number of carbonyl (C=O) groups is 1. The fourth-order valence-electron chi connectivity index (χ4n) is 3.41. The summed E-state index contributed by atoms with van der Waals surface area (Å²) in [6, 6.07) is 17.3. The Kier molecular flexibility index (Phi) is 6.95. The van der Waals surface area contributed by atoms with Crippen molar-refractivity contribution >= 4 is 42.4 Å². The molecule has 9 heteroatoms. The van der Waals surface area contributed by atoms with Crippen LogP contribution in [0.5, 0.6) is 5.75 Å². The fourth-order valence-corrected chi connectivity index (χ4v) is 5.50. The maximum atomic E-state index is 13.7. The molecule has 0 aliphatic rings. The van der Waals surface area contributed by atoms with Gasteiger partial charge >= 0.3 is 0 Å². The monoisotopic (exact) mass is 495 g/mol. The van der Waals surface area contributed by atoms with E-state index in [1.165, 1.54) is 28.4 Å². The van der Waals surface area contributed by atoms with Gasteiger partial charge in [0.2, 0.25) is 0 Å². The first-order valence-corrected chi connectivity index (χ1v) is 13.3. The van der Waals surface area contributed by atoms with E-state index in [2.05, 4.69) is 4.98 Å². The van der Waals surface area contributed by atoms with Crippen LogP contribution < -0.4 is 9.64 Å². The Morgan fingerprint density at radius 1 is 1.09 bits per heavy atom. The van der Waals surface area contributed by atoms with Crippen LogP contribution in [0.1, 0.15) is 36.8 Å². The lowest BCUT2D eigenvalue weighted by Crippen LogP contribution is -2.31. The lowest BCUT2D eigenvalue weighted by Gasteiger charge is -2.20. The van der Waals surface area contributed by atoms with Crippen molar-refractivity contribution in [3.8, 4) is 5.75 Å². The minimum Gasteiger partial charge on any atom is -0.492 e. The van der Waals surface area contributed by atoms with Gasteiger partial charge < -0.3 is 4.74 Å². The van der Waals surface area contributed by atoms with Gasteiger partial charge in [0.25, 0.3) is 5.91 Å². The van der Waals surface area contributed by atoms with Crippen LogP contribution in [0.15, 0.2) is 71.8 Å². The molecule has 0 atom stereocenters. The molecule has 0 aliphatic carbocycles. The van der Waals surface area contributed by atoms with Crippen molar-refractivity contribution in [3.05, 3.63) is 78.1 Å². The number of thiazole rings is 1. The number of anilines is 1. The maximum Gasteiger partial charge on any atom is 0.260 e. The highest BCUT2D eigenvalue weighted by molar-refractivity contribution is 7.92. The van der Waals surface area contributed by atoms with Gasteiger partial charge in [0.05, 0.1) is 33.7 Å². The number of amides is 1. The Balaban J connectivity index is 1.79. The van der Waals surface area contributed by atoms with E-state index in [4.69, 9.17) is 9.72 Å². The van der Waals surface area contributed by atoms with Crippen molar-refractivity contribution in [2.45, 2.75) is 37.5 Å². The van der Waals surface area contributed by atoms with Crippen LogP contribution in [-0.4, -0.2) is 36.1 Å². The standard InChI is InChI=1S/C25H25N3O4S2/c1-4-32-21-12-8-13-22-23(21)27-25(33-22)28(16-19-10-5-6-14-26-19)24(29)18-9-7-11-20(15-18)34(30,31)17(2)3/h5-15,17H,4,16H2,1-3H3. The van der Waals surface area contributed by atoms with Crippen LogP contribution in [0.2, 0.25) is 0 Å². The summed E-state index contributed by atoms with van der Waals surface area (Å²) in [5.74, 6) is 0.293.